The molecule has 0 aliphatic heterocycles. The maximum absolute atomic E-state index is 11.8. The molecule has 1 aromatic heterocycles. The lowest BCUT2D eigenvalue weighted by atomic mass is 10.3. The quantitative estimate of drug-likeness (QED) is 0.680. The summed E-state index contributed by atoms with van der Waals surface area (Å²) in [6.45, 7) is 0. The number of amides is 1. The van der Waals surface area contributed by atoms with Gasteiger partial charge in [0.15, 0.2) is 0 Å². The average Bonchev–Trinajstić information content (AvgIpc) is 2.18. The number of nitrogens with two attached hydrogens (primary N) is 1. The Kier molecular flexibility index (Phi) is 3.27. The molecule has 0 atom stereocenters. The van der Waals surface area contributed by atoms with Crippen LogP contribution in [0, 0.1) is 0 Å². The van der Waals surface area contributed by atoms with Gasteiger partial charge in [0.2, 0.25) is 12.4 Å². The Hall–Kier alpha value is -2.05. The van der Waals surface area contributed by atoms with E-state index in [4.69, 9.17) is 5.73 Å². The van der Waals surface area contributed by atoms with Crippen molar-refractivity contribution in [1.29, 1.82) is 0 Å². The van der Waals surface area contributed by atoms with Crippen LogP contribution in [0.4, 0.5) is 8.78 Å². The lowest BCUT2D eigenvalue weighted by Crippen LogP contribution is -2.48. The standard InChI is InChI=1S/C8H6F2N2O3/c9-6(10)8(14)15-12-3-1-2-5(4-12)7(11)13/h1-4,6H,(H-,11,13)/p+1. The highest BCUT2D eigenvalue weighted by Gasteiger charge is 2.23. The van der Waals surface area contributed by atoms with Gasteiger partial charge in [0.25, 0.3) is 5.91 Å². The summed E-state index contributed by atoms with van der Waals surface area (Å²) in [5.41, 5.74) is 4.97. The first-order valence-electron chi connectivity index (χ1n) is 3.82. The molecular formula is C8H7F2N2O3+. The van der Waals surface area contributed by atoms with Crippen molar-refractivity contribution in [3.05, 3.63) is 30.1 Å². The van der Waals surface area contributed by atoms with E-state index in [-0.39, 0.29) is 5.56 Å². The van der Waals surface area contributed by atoms with Crippen molar-refractivity contribution < 1.29 is 27.9 Å². The van der Waals surface area contributed by atoms with Crippen LogP contribution in [0.5, 0.6) is 0 Å². The fourth-order valence-corrected chi connectivity index (χ4v) is 0.801. The molecule has 0 spiro atoms. The molecule has 15 heavy (non-hydrogen) atoms. The zero-order valence-corrected chi connectivity index (χ0v) is 7.39. The summed E-state index contributed by atoms with van der Waals surface area (Å²) >= 11 is 0. The van der Waals surface area contributed by atoms with Crippen LogP contribution in [0.3, 0.4) is 0 Å². The second-order valence-electron chi connectivity index (χ2n) is 2.53. The number of hydrogen-bond donors (Lipinski definition) is 1. The number of nitrogens with zero attached hydrogens (tertiary/aromatic N) is 1. The molecule has 7 heteroatoms. The van der Waals surface area contributed by atoms with E-state index in [2.05, 4.69) is 4.84 Å². The average molecular weight is 217 g/mol. The van der Waals surface area contributed by atoms with Crippen molar-refractivity contribution in [3.63, 3.8) is 0 Å². The van der Waals surface area contributed by atoms with E-state index in [1.54, 1.807) is 0 Å². The third-order valence-electron chi connectivity index (χ3n) is 1.43. The van der Waals surface area contributed by atoms with Gasteiger partial charge in [0.1, 0.15) is 5.56 Å². The van der Waals surface area contributed by atoms with Gasteiger partial charge in [0.05, 0.1) is 0 Å². The van der Waals surface area contributed by atoms with Crippen LogP contribution in [0.15, 0.2) is 24.5 Å². The molecule has 0 radical (unpaired) electrons. The number of aromatic nitrogens is 1. The smallest absolute Gasteiger partial charge is 0.365 e. The molecule has 0 aliphatic carbocycles. The zero-order chi connectivity index (χ0) is 11.4. The SMILES string of the molecule is NC(=O)c1ccc[n+](OC(=O)C(F)F)c1. The first-order chi connectivity index (χ1) is 7.00. The summed E-state index contributed by atoms with van der Waals surface area (Å²) in [6.07, 6.45) is -1.01. The van der Waals surface area contributed by atoms with E-state index >= 15 is 0 Å². The van der Waals surface area contributed by atoms with Crippen LogP contribution in [0.2, 0.25) is 0 Å². The fourth-order valence-electron chi connectivity index (χ4n) is 0.801. The molecule has 0 aliphatic rings. The van der Waals surface area contributed by atoms with Gasteiger partial charge >= 0.3 is 12.4 Å². The highest BCUT2D eigenvalue weighted by molar-refractivity contribution is 5.92. The predicted octanol–water partition coefficient (Wildman–Crippen LogP) is -0.707. The Morgan fingerprint density at radius 2 is 2.13 bits per heavy atom. The number of alkyl halides is 2. The summed E-state index contributed by atoms with van der Waals surface area (Å²) in [6, 6.07) is 2.69. The summed E-state index contributed by atoms with van der Waals surface area (Å²) in [4.78, 5) is 25.4. The lowest BCUT2D eigenvalue weighted by Gasteiger charge is -1.96. The van der Waals surface area contributed by atoms with Gasteiger partial charge in [0, 0.05) is 10.8 Å². The highest BCUT2D eigenvalue weighted by Crippen LogP contribution is 1.93. The van der Waals surface area contributed by atoms with Gasteiger partial charge in [-0.3, -0.25) is 4.79 Å². The van der Waals surface area contributed by atoms with Crippen LogP contribution >= 0.6 is 0 Å². The van der Waals surface area contributed by atoms with Crippen molar-refractivity contribution in [3.8, 4) is 0 Å². The van der Waals surface area contributed by atoms with Gasteiger partial charge in [-0.1, -0.05) is 0 Å². The maximum Gasteiger partial charge on any atom is 0.445 e. The molecule has 1 rings (SSSR count). The normalized spacial score (nSPS) is 10.1. The Bertz CT molecular complexity index is 395. The first kappa shape index (κ1) is 11.0. The maximum atomic E-state index is 11.8. The number of carbonyl (C=O) groups is 2. The van der Waals surface area contributed by atoms with Gasteiger partial charge < -0.3 is 5.73 Å². The van der Waals surface area contributed by atoms with E-state index in [1.807, 2.05) is 0 Å². The van der Waals surface area contributed by atoms with Crippen molar-refractivity contribution in [1.82, 2.24) is 0 Å². The number of halogens is 2. The number of hydrogen-bond acceptors (Lipinski definition) is 3. The van der Waals surface area contributed by atoms with E-state index in [1.165, 1.54) is 18.3 Å². The molecule has 5 nitrogen and oxygen atoms in total. The van der Waals surface area contributed by atoms with Gasteiger partial charge in [-0.05, 0) is 6.07 Å². The number of primary amides is 1. The summed E-state index contributed by atoms with van der Waals surface area (Å²) < 4.78 is 24.3. The van der Waals surface area contributed by atoms with E-state index in [0.29, 0.717) is 4.73 Å². The molecule has 1 amide bonds. The van der Waals surface area contributed by atoms with Crippen molar-refractivity contribution >= 4 is 11.9 Å². The lowest BCUT2D eigenvalue weighted by molar-refractivity contribution is -0.870. The van der Waals surface area contributed by atoms with Crippen molar-refractivity contribution in [2.75, 3.05) is 0 Å². The topological polar surface area (TPSA) is 73.3 Å². The van der Waals surface area contributed by atoms with Crippen LogP contribution in [0.25, 0.3) is 0 Å². The molecule has 2 N–H and O–H groups in total. The number of pyridine rings is 1. The highest BCUT2D eigenvalue weighted by atomic mass is 19.3. The van der Waals surface area contributed by atoms with Crippen LogP contribution in [-0.2, 0) is 4.79 Å². The number of rotatable bonds is 3. The largest absolute Gasteiger partial charge is 0.445 e. The minimum absolute atomic E-state index is 0.0413. The Balaban J connectivity index is 2.83. The Labute approximate surface area is 83.0 Å². The molecule has 0 saturated heterocycles. The fraction of sp³-hybridized carbons (Fsp3) is 0.125. The molecule has 1 heterocycles. The third kappa shape index (κ3) is 2.97. The molecule has 0 saturated carbocycles. The molecule has 0 aromatic carbocycles. The number of carbonyl (C=O) groups excluding carboxylic acids is 2. The third-order valence-corrected chi connectivity index (χ3v) is 1.43. The first-order valence-corrected chi connectivity index (χ1v) is 3.82. The Morgan fingerprint density at radius 1 is 1.47 bits per heavy atom. The van der Waals surface area contributed by atoms with Crippen molar-refractivity contribution in [2.45, 2.75) is 6.43 Å². The monoisotopic (exact) mass is 217 g/mol. The Morgan fingerprint density at radius 3 is 2.67 bits per heavy atom. The summed E-state index contributed by atoms with van der Waals surface area (Å²) in [5.74, 6) is -2.46. The van der Waals surface area contributed by atoms with E-state index in [9.17, 15) is 18.4 Å². The summed E-state index contributed by atoms with van der Waals surface area (Å²) in [7, 11) is 0. The van der Waals surface area contributed by atoms with Crippen LogP contribution in [-0.4, -0.2) is 18.3 Å². The van der Waals surface area contributed by atoms with Gasteiger partial charge in [-0.25, -0.2) is 4.79 Å². The van der Waals surface area contributed by atoms with Gasteiger partial charge in [-0.15, -0.1) is 0 Å². The second-order valence-corrected chi connectivity index (χ2v) is 2.53. The van der Waals surface area contributed by atoms with Crippen molar-refractivity contribution in [2.24, 2.45) is 5.73 Å². The minimum Gasteiger partial charge on any atom is -0.365 e. The molecule has 80 valence electrons. The van der Waals surface area contributed by atoms with Crippen LogP contribution in [0.1, 0.15) is 10.4 Å². The molecule has 0 fully saturated rings. The van der Waals surface area contributed by atoms with Gasteiger partial charge in [-0.2, -0.15) is 13.6 Å². The summed E-state index contributed by atoms with van der Waals surface area (Å²) in [5, 5.41) is 0. The van der Waals surface area contributed by atoms with E-state index < -0.39 is 18.3 Å². The minimum atomic E-state index is -3.23. The predicted molar refractivity (Wildman–Crippen MR) is 42.7 cm³/mol. The van der Waals surface area contributed by atoms with E-state index in [0.717, 1.165) is 6.20 Å². The molecular weight excluding hydrogens is 210 g/mol. The molecule has 0 unspecified atom stereocenters. The van der Waals surface area contributed by atoms with Crippen LogP contribution < -0.4 is 15.3 Å². The molecule has 1 aromatic rings. The zero-order valence-electron chi connectivity index (χ0n) is 7.39. The molecule has 0 bridgehead atoms. The second kappa shape index (κ2) is 4.45.